The third-order valence-corrected chi connectivity index (χ3v) is 2.56. The van der Waals surface area contributed by atoms with Crippen LogP contribution in [0.2, 0.25) is 0 Å². The van der Waals surface area contributed by atoms with Gasteiger partial charge in [-0.2, -0.15) is 0 Å². The van der Waals surface area contributed by atoms with Crippen LogP contribution in [0.4, 0.5) is 0 Å². The molecule has 0 aromatic carbocycles. The van der Waals surface area contributed by atoms with Crippen LogP contribution in [0, 0.1) is 0 Å². The zero-order valence-corrected chi connectivity index (χ0v) is 10.4. The van der Waals surface area contributed by atoms with Crippen molar-refractivity contribution in [1.29, 1.82) is 0 Å². The maximum atomic E-state index is 11.6. The fraction of sp³-hybridized carbons (Fsp3) is 0.800. The fourth-order valence-electron chi connectivity index (χ4n) is 1.62. The second kappa shape index (κ2) is 8.35. The van der Waals surface area contributed by atoms with Crippen LogP contribution < -0.4 is 16.0 Å². The first-order valence-corrected chi connectivity index (χ1v) is 5.45. The molecule has 0 aromatic heterocycles. The molecular weight excluding hydrogens is 230 g/mol. The molecule has 1 heterocycles. The molecular formula is C10H20ClN3O2. The number of piperidine rings is 1. The van der Waals surface area contributed by atoms with Gasteiger partial charge in [0.05, 0.1) is 6.04 Å². The van der Waals surface area contributed by atoms with E-state index in [4.69, 9.17) is 0 Å². The van der Waals surface area contributed by atoms with Crippen LogP contribution in [0.25, 0.3) is 0 Å². The van der Waals surface area contributed by atoms with Crippen molar-refractivity contribution in [1.82, 2.24) is 16.0 Å². The third kappa shape index (κ3) is 5.32. The van der Waals surface area contributed by atoms with Crippen LogP contribution in [0.3, 0.4) is 0 Å². The summed E-state index contributed by atoms with van der Waals surface area (Å²) in [5.41, 5.74) is 0. The molecule has 3 N–H and O–H groups in total. The highest BCUT2D eigenvalue weighted by molar-refractivity contribution is 5.85. The van der Waals surface area contributed by atoms with Crippen molar-refractivity contribution in [3.63, 3.8) is 0 Å². The van der Waals surface area contributed by atoms with E-state index in [1.54, 1.807) is 7.05 Å². The van der Waals surface area contributed by atoms with Gasteiger partial charge in [-0.1, -0.05) is 6.42 Å². The minimum atomic E-state index is -0.0663. The van der Waals surface area contributed by atoms with Gasteiger partial charge >= 0.3 is 0 Å². The standard InChI is InChI=1S/C10H19N3O2.ClH/c1-11-9(14)5-7-13-10(15)8-4-2-3-6-12-8;/h8,12H,2-7H2,1H3,(H,11,14)(H,13,15);1H. The first-order valence-electron chi connectivity index (χ1n) is 5.45. The highest BCUT2D eigenvalue weighted by atomic mass is 35.5. The molecule has 1 atom stereocenters. The van der Waals surface area contributed by atoms with Crippen molar-refractivity contribution in [2.24, 2.45) is 0 Å². The predicted molar refractivity (Wildman–Crippen MR) is 64.6 cm³/mol. The highest BCUT2D eigenvalue weighted by Crippen LogP contribution is 2.06. The Morgan fingerprint density at radius 1 is 1.38 bits per heavy atom. The number of carbonyl (C=O) groups excluding carboxylic acids is 2. The molecule has 94 valence electrons. The van der Waals surface area contributed by atoms with Crippen LogP contribution in [-0.2, 0) is 9.59 Å². The van der Waals surface area contributed by atoms with E-state index in [0.717, 1.165) is 25.8 Å². The van der Waals surface area contributed by atoms with Gasteiger partial charge in [0.15, 0.2) is 0 Å². The first-order chi connectivity index (χ1) is 7.24. The van der Waals surface area contributed by atoms with Gasteiger partial charge in [-0.25, -0.2) is 0 Å². The SMILES string of the molecule is CNC(=O)CCNC(=O)C1CCCCN1.Cl. The number of rotatable bonds is 4. The smallest absolute Gasteiger partial charge is 0.237 e. The molecule has 0 spiro atoms. The Morgan fingerprint density at radius 3 is 2.69 bits per heavy atom. The van der Waals surface area contributed by atoms with Crippen molar-refractivity contribution in [3.05, 3.63) is 0 Å². The number of hydrogen-bond acceptors (Lipinski definition) is 3. The molecule has 6 heteroatoms. The number of carbonyl (C=O) groups is 2. The van der Waals surface area contributed by atoms with Crippen molar-refractivity contribution in [2.45, 2.75) is 31.7 Å². The van der Waals surface area contributed by atoms with Gasteiger partial charge in [-0.05, 0) is 19.4 Å². The molecule has 0 bridgehead atoms. The van der Waals surface area contributed by atoms with Crippen LogP contribution in [-0.4, -0.2) is 38.0 Å². The average Bonchev–Trinajstić information content (AvgIpc) is 2.29. The maximum absolute atomic E-state index is 11.6. The molecule has 16 heavy (non-hydrogen) atoms. The van der Waals surface area contributed by atoms with Crippen molar-refractivity contribution >= 4 is 24.2 Å². The summed E-state index contributed by atoms with van der Waals surface area (Å²) in [6.45, 7) is 1.32. The molecule has 1 fully saturated rings. The van der Waals surface area contributed by atoms with E-state index >= 15 is 0 Å². The molecule has 1 rings (SSSR count). The van der Waals surface area contributed by atoms with Crippen molar-refractivity contribution in [2.75, 3.05) is 20.1 Å². The number of halogens is 1. The Hall–Kier alpha value is -0.810. The van der Waals surface area contributed by atoms with E-state index < -0.39 is 0 Å². The summed E-state index contributed by atoms with van der Waals surface area (Å²) in [4.78, 5) is 22.5. The lowest BCUT2D eigenvalue weighted by atomic mass is 10.0. The lowest BCUT2D eigenvalue weighted by Gasteiger charge is -2.22. The van der Waals surface area contributed by atoms with Gasteiger partial charge in [-0.15, -0.1) is 12.4 Å². The molecule has 1 aliphatic rings. The Morgan fingerprint density at radius 2 is 2.12 bits per heavy atom. The van der Waals surface area contributed by atoms with E-state index in [9.17, 15) is 9.59 Å². The second-order valence-corrected chi connectivity index (χ2v) is 3.72. The van der Waals surface area contributed by atoms with E-state index in [-0.39, 0.29) is 30.3 Å². The topological polar surface area (TPSA) is 70.2 Å². The Bertz CT molecular complexity index is 230. The summed E-state index contributed by atoms with van der Waals surface area (Å²) in [5.74, 6) is -0.0366. The Balaban J connectivity index is 0.00000225. The van der Waals surface area contributed by atoms with E-state index in [1.165, 1.54) is 0 Å². The summed E-state index contributed by atoms with van der Waals surface area (Å²) in [5, 5.41) is 8.43. The molecule has 1 unspecified atom stereocenters. The number of nitrogens with one attached hydrogen (secondary N) is 3. The minimum absolute atomic E-state index is 0. The first kappa shape index (κ1) is 15.2. The molecule has 2 amide bonds. The summed E-state index contributed by atoms with van der Waals surface area (Å²) in [6, 6.07) is -0.0663. The lowest BCUT2D eigenvalue weighted by Crippen LogP contribution is -2.47. The largest absolute Gasteiger partial charge is 0.359 e. The normalized spacial score (nSPS) is 19.4. The summed E-state index contributed by atoms with van der Waals surface area (Å²) in [6.07, 6.45) is 3.48. The van der Waals surface area contributed by atoms with E-state index in [2.05, 4.69) is 16.0 Å². The maximum Gasteiger partial charge on any atom is 0.237 e. The van der Waals surface area contributed by atoms with Gasteiger partial charge in [-0.3, -0.25) is 9.59 Å². The number of hydrogen-bond donors (Lipinski definition) is 3. The summed E-state index contributed by atoms with van der Waals surface area (Å²) in [7, 11) is 1.59. The second-order valence-electron chi connectivity index (χ2n) is 3.72. The summed E-state index contributed by atoms with van der Waals surface area (Å²) < 4.78 is 0. The van der Waals surface area contributed by atoms with Gasteiger partial charge in [0, 0.05) is 20.0 Å². The average molecular weight is 250 g/mol. The lowest BCUT2D eigenvalue weighted by molar-refractivity contribution is -0.124. The van der Waals surface area contributed by atoms with E-state index in [1.807, 2.05) is 0 Å². The van der Waals surface area contributed by atoms with Crippen molar-refractivity contribution in [3.8, 4) is 0 Å². The molecule has 0 radical (unpaired) electrons. The van der Waals surface area contributed by atoms with Gasteiger partial charge in [0.2, 0.25) is 11.8 Å². The van der Waals surface area contributed by atoms with Crippen LogP contribution in [0.15, 0.2) is 0 Å². The van der Waals surface area contributed by atoms with Gasteiger partial charge < -0.3 is 16.0 Å². The highest BCUT2D eigenvalue weighted by Gasteiger charge is 2.19. The van der Waals surface area contributed by atoms with E-state index in [0.29, 0.717) is 13.0 Å². The third-order valence-electron chi connectivity index (χ3n) is 2.56. The van der Waals surface area contributed by atoms with Crippen molar-refractivity contribution < 1.29 is 9.59 Å². The van der Waals surface area contributed by atoms with Gasteiger partial charge in [0.1, 0.15) is 0 Å². The quantitative estimate of drug-likeness (QED) is 0.647. The minimum Gasteiger partial charge on any atom is -0.359 e. The Kier molecular flexibility index (Phi) is 7.93. The van der Waals surface area contributed by atoms with Crippen LogP contribution in [0.1, 0.15) is 25.7 Å². The fourth-order valence-corrected chi connectivity index (χ4v) is 1.62. The Labute approximate surface area is 102 Å². The molecule has 0 saturated carbocycles. The molecule has 0 aromatic rings. The zero-order chi connectivity index (χ0) is 11.1. The van der Waals surface area contributed by atoms with Gasteiger partial charge in [0.25, 0.3) is 0 Å². The number of amides is 2. The zero-order valence-electron chi connectivity index (χ0n) is 9.54. The predicted octanol–water partition coefficient (Wildman–Crippen LogP) is -0.197. The van der Waals surface area contributed by atoms with Crippen LogP contribution in [0.5, 0.6) is 0 Å². The monoisotopic (exact) mass is 249 g/mol. The molecule has 5 nitrogen and oxygen atoms in total. The summed E-state index contributed by atoms with van der Waals surface area (Å²) >= 11 is 0. The molecule has 1 saturated heterocycles. The molecule has 0 aliphatic carbocycles. The van der Waals surface area contributed by atoms with Crippen LogP contribution >= 0.6 is 12.4 Å². The molecule has 1 aliphatic heterocycles.